The number of hydrogen-bond acceptors (Lipinski definition) is 5. The summed E-state index contributed by atoms with van der Waals surface area (Å²) in [6.07, 6.45) is 0.169. The number of carbonyl (C=O) groups is 3. The second-order valence-corrected chi connectivity index (χ2v) is 5.56. The largest absolute Gasteiger partial charge is 0.427 e. The van der Waals surface area contributed by atoms with Crippen LogP contribution in [0.2, 0.25) is 0 Å². The van der Waals surface area contributed by atoms with E-state index in [0.717, 1.165) is 0 Å². The predicted molar refractivity (Wildman–Crippen MR) is 93.1 cm³/mol. The van der Waals surface area contributed by atoms with Gasteiger partial charge in [-0.15, -0.1) is 0 Å². The highest BCUT2D eigenvalue weighted by atomic mass is 16.5. The summed E-state index contributed by atoms with van der Waals surface area (Å²) in [5, 5.41) is 11.5. The van der Waals surface area contributed by atoms with Crippen LogP contribution in [0, 0.1) is 11.3 Å². The van der Waals surface area contributed by atoms with Crippen LogP contribution < -0.4 is 15.8 Å². The number of carbonyl (C=O) groups excluding carboxylic acids is 3. The Kier molecular flexibility index (Phi) is 6.06. The average molecular weight is 351 g/mol. The first-order chi connectivity index (χ1) is 12.4. The molecule has 26 heavy (non-hydrogen) atoms. The van der Waals surface area contributed by atoms with Crippen molar-refractivity contribution >= 4 is 17.8 Å². The lowest BCUT2D eigenvalue weighted by Gasteiger charge is -2.16. The van der Waals surface area contributed by atoms with Crippen LogP contribution in [0.15, 0.2) is 48.5 Å². The van der Waals surface area contributed by atoms with Gasteiger partial charge in [-0.1, -0.05) is 12.1 Å². The molecule has 0 aliphatic carbocycles. The molecule has 0 aliphatic heterocycles. The van der Waals surface area contributed by atoms with E-state index in [1.165, 1.54) is 31.2 Å². The molecule has 2 aromatic rings. The first-order valence-corrected chi connectivity index (χ1v) is 7.76. The molecule has 0 spiro atoms. The normalized spacial score (nSPS) is 11.1. The topological polar surface area (TPSA) is 122 Å². The summed E-state index contributed by atoms with van der Waals surface area (Å²) in [6.45, 7) is 1.28. The number of benzene rings is 2. The highest BCUT2D eigenvalue weighted by Gasteiger charge is 2.19. The Labute approximate surface area is 150 Å². The zero-order chi connectivity index (χ0) is 19.1. The van der Waals surface area contributed by atoms with Crippen LogP contribution in [0.5, 0.6) is 5.75 Å². The van der Waals surface area contributed by atoms with E-state index in [9.17, 15) is 14.4 Å². The molecule has 0 aromatic heterocycles. The van der Waals surface area contributed by atoms with Gasteiger partial charge in [0.15, 0.2) is 0 Å². The van der Waals surface area contributed by atoms with Crippen molar-refractivity contribution in [1.29, 1.82) is 5.26 Å². The fraction of sp³-hybridized carbons (Fsp3) is 0.158. The molecule has 2 rings (SSSR count). The molecule has 7 nitrogen and oxygen atoms in total. The van der Waals surface area contributed by atoms with Gasteiger partial charge in [-0.3, -0.25) is 14.4 Å². The third-order valence-electron chi connectivity index (χ3n) is 3.52. The molecule has 3 N–H and O–H groups in total. The van der Waals surface area contributed by atoms with Crippen LogP contribution >= 0.6 is 0 Å². The molecule has 0 saturated carbocycles. The second kappa shape index (κ2) is 8.44. The SMILES string of the molecule is CC(=O)Oc1ccc(C(=O)N[C@@H](Cc2cccc(C#N)c2)C(N)=O)cc1. The third-order valence-corrected chi connectivity index (χ3v) is 3.52. The van der Waals surface area contributed by atoms with Crippen LogP contribution in [0.4, 0.5) is 0 Å². The van der Waals surface area contributed by atoms with Crippen molar-refractivity contribution in [3.8, 4) is 11.8 Å². The third kappa shape index (κ3) is 5.18. The fourth-order valence-corrected chi connectivity index (χ4v) is 2.31. The lowest BCUT2D eigenvalue weighted by atomic mass is 10.0. The van der Waals surface area contributed by atoms with E-state index in [0.29, 0.717) is 16.9 Å². The van der Waals surface area contributed by atoms with E-state index in [-0.39, 0.29) is 12.0 Å². The van der Waals surface area contributed by atoms with Gasteiger partial charge < -0.3 is 15.8 Å². The van der Waals surface area contributed by atoms with Crippen molar-refractivity contribution < 1.29 is 19.1 Å². The summed E-state index contributed by atoms with van der Waals surface area (Å²) >= 11 is 0. The number of primary amides is 1. The number of nitriles is 1. The van der Waals surface area contributed by atoms with E-state index in [4.69, 9.17) is 15.7 Å². The van der Waals surface area contributed by atoms with Crippen LogP contribution in [-0.2, 0) is 16.0 Å². The summed E-state index contributed by atoms with van der Waals surface area (Å²) in [6, 6.07) is 13.7. The Morgan fingerprint density at radius 2 is 1.88 bits per heavy atom. The summed E-state index contributed by atoms with van der Waals surface area (Å²) in [5.74, 6) is -1.32. The summed E-state index contributed by atoms with van der Waals surface area (Å²) in [5.41, 5.74) is 6.84. The molecule has 0 heterocycles. The number of rotatable bonds is 6. The number of esters is 1. The smallest absolute Gasteiger partial charge is 0.308 e. The van der Waals surface area contributed by atoms with E-state index in [1.807, 2.05) is 6.07 Å². The maximum atomic E-state index is 12.3. The average Bonchev–Trinajstić information content (AvgIpc) is 2.61. The lowest BCUT2D eigenvalue weighted by Crippen LogP contribution is -2.45. The first kappa shape index (κ1) is 18.7. The van der Waals surface area contributed by atoms with Gasteiger partial charge in [0.05, 0.1) is 11.6 Å². The van der Waals surface area contributed by atoms with E-state index < -0.39 is 23.8 Å². The molecule has 7 heteroatoms. The molecule has 132 valence electrons. The molecule has 0 bridgehead atoms. The molecule has 0 unspecified atom stereocenters. The minimum atomic E-state index is -0.926. The van der Waals surface area contributed by atoms with Gasteiger partial charge in [0, 0.05) is 18.9 Å². The van der Waals surface area contributed by atoms with E-state index in [1.54, 1.807) is 24.3 Å². The summed E-state index contributed by atoms with van der Waals surface area (Å²) in [4.78, 5) is 34.9. The molecule has 0 aliphatic rings. The van der Waals surface area contributed by atoms with Crippen molar-refractivity contribution in [2.75, 3.05) is 0 Å². The molecule has 1 atom stereocenters. The number of nitrogens with zero attached hydrogens (tertiary/aromatic N) is 1. The Hall–Kier alpha value is -3.66. The van der Waals surface area contributed by atoms with Gasteiger partial charge in [0.2, 0.25) is 5.91 Å². The maximum Gasteiger partial charge on any atom is 0.308 e. The number of nitrogens with one attached hydrogen (secondary N) is 1. The van der Waals surface area contributed by atoms with Gasteiger partial charge in [-0.05, 0) is 42.0 Å². The number of amides is 2. The second-order valence-electron chi connectivity index (χ2n) is 5.56. The van der Waals surface area contributed by atoms with Crippen molar-refractivity contribution in [2.45, 2.75) is 19.4 Å². The molecule has 0 fully saturated rings. The monoisotopic (exact) mass is 351 g/mol. The predicted octanol–water partition coefficient (Wildman–Crippen LogP) is 1.31. The van der Waals surface area contributed by atoms with Crippen LogP contribution in [0.25, 0.3) is 0 Å². The molecular weight excluding hydrogens is 334 g/mol. The number of hydrogen-bond donors (Lipinski definition) is 2. The van der Waals surface area contributed by atoms with Gasteiger partial charge in [-0.2, -0.15) is 5.26 Å². The van der Waals surface area contributed by atoms with Gasteiger partial charge in [-0.25, -0.2) is 0 Å². The standard InChI is InChI=1S/C19H17N3O4/c1-12(23)26-16-7-5-15(6-8-16)19(25)22-17(18(21)24)10-13-3-2-4-14(9-13)11-20/h2-9,17H,10H2,1H3,(H2,21,24)(H,22,25)/t17-/m0/s1. The quantitative estimate of drug-likeness (QED) is 0.600. The van der Waals surface area contributed by atoms with Gasteiger partial charge in [0.1, 0.15) is 11.8 Å². The minimum Gasteiger partial charge on any atom is -0.427 e. The number of ether oxygens (including phenoxy) is 1. The molecule has 2 amide bonds. The summed E-state index contributed by atoms with van der Waals surface area (Å²) in [7, 11) is 0. The minimum absolute atomic E-state index is 0.169. The Morgan fingerprint density at radius 1 is 1.19 bits per heavy atom. The highest BCUT2D eigenvalue weighted by molar-refractivity contribution is 5.97. The van der Waals surface area contributed by atoms with Crippen molar-refractivity contribution in [3.05, 3.63) is 65.2 Å². The molecule has 0 saturated heterocycles. The van der Waals surface area contributed by atoms with Crippen LogP contribution in [-0.4, -0.2) is 23.8 Å². The van der Waals surface area contributed by atoms with Gasteiger partial charge in [0.25, 0.3) is 5.91 Å². The van der Waals surface area contributed by atoms with Crippen molar-refractivity contribution in [1.82, 2.24) is 5.32 Å². The Morgan fingerprint density at radius 3 is 2.46 bits per heavy atom. The zero-order valence-corrected chi connectivity index (χ0v) is 14.1. The Balaban J connectivity index is 2.09. The van der Waals surface area contributed by atoms with Crippen molar-refractivity contribution in [3.63, 3.8) is 0 Å². The van der Waals surface area contributed by atoms with Crippen molar-refractivity contribution in [2.24, 2.45) is 5.73 Å². The van der Waals surface area contributed by atoms with E-state index >= 15 is 0 Å². The Bertz CT molecular complexity index is 869. The molecule has 0 radical (unpaired) electrons. The van der Waals surface area contributed by atoms with Crippen LogP contribution in [0.1, 0.15) is 28.4 Å². The fourth-order valence-electron chi connectivity index (χ4n) is 2.31. The molecule has 2 aromatic carbocycles. The lowest BCUT2D eigenvalue weighted by molar-refractivity contribution is -0.131. The maximum absolute atomic E-state index is 12.3. The number of nitrogens with two attached hydrogens (primary N) is 1. The zero-order valence-electron chi connectivity index (χ0n) is 14.1. The first-order valence-electron chi connectivity index (χ1n) is 7.76. The van der Waals surface area contributed by atoms with Gasteiger partial charge >= 0.3 is 5.97 Å². The molecular formula is C19H17N3O4. The van der Waals surface area contributed by atoms with Crippen LogP contribution in [0.3, 0.4) is 0 Å². The highest BCUT2D eigenvalue weighted by Crippen LogP contribution is 2.13. The summed E-state index contributed by atoms with van der Waals surface area (Å²) < 4.78 is 4.90. The van der Waals surface area contributed by atoms with E-state index in [2.05, 4.69) is 5.32 Å².